The number of rotatable bonds is 3. The highest BCUT2D eigenvalue weighted by molar-refractivity contribution is 5.23. The maximum atomic E-state index is 9.41. The van der Waals surface area contributed by atoms with Crippen molar-refractivity contribution in [2.24, 2.45) is 0 Å². The standard InChI is InChI=1S/C13H19NO2/c1-11(15)13-4-2-12(3-5-13)10-14-6-8-16-9-7-14/h2-5,11,15H,6-10H2,1H3/t11-/m1/s1. The SMILES string of the molecule is C[C@@H](O)c1ccc(CN2CCOCC2)cc1. The molecule has 1 heterocycles. The Morgan fingerprint density at radius 2 is 1.88 bits per heavy atom. The molecule has 2 rings (SSSR count). The van der Waals surface area contributed by atoms with Crippen molar-refractivity contribution in [2.45, 2.75) is 19.6 Å². The van der Waals surface area contributed by atoms with Crippen LogP contribution in [0.4, 0.5) is 0 Å². The fourth-order valence-corrected chi connectivity index (χ4v) is 1.92. The largest absolute Gasteiger partial charge is 0.389 e. The molecule has 0 amide bonds. The van der Waals surface area contributed by atoms with Gasteiger partial charge in [0.2, 0.25) is 0 Å². The normalized spacial score (nSPS) is 19.6. The molecule has 3 nitrogen and oxygen atoms in total. The second kappa shape index (κ2) is 5.43. The van der Waals surface area contributed by atoms with Gasteiger partial charge in [-0.25, -0.2) is 0 Å². The van der Waals surface area contributed by atoms with E-state index >= 15 is 0 Å². The molecule has 1 aromatic rings. The molecule has 88 valence electrons. The highest BCUT2D eigenvalue weighted by Crippen LogP contribution is 2.14. The summed E-state index contributed by atoms with van der Waals surface area (Å²) >= 11 is 0. The van der Waals surface area contributed by atoms with Gasteiger partial charge < -0.3 is 9.84 Å². The Bertz CT molecular complexity index is 315. The lowest BCUT2D eigenvalue weighted by Crippen LogP contribution is -2.35. The molecule has 3 heteroatoms. The molecule has 0 unspecified atom stereocenters. The van der Waals surface area contributed by atoms with Gasteiger partial charge in [-0.2, -0.15) is 0 Å². The van der Waals surface area contributed by atoms with Crippen molar-refractivity contribution in [3.63, 3.8) is 0 Å². The van der Waals surface area contributed by atoms with Crippen LogP contribution in [0.15, 0.2) is 24.3 Å². The summed E-state index contributed by atoms with van der Waals surface area (Å²) in [5.74, 6) is 0. The molecule has 16 heavy (non-hydrogen) atoms. The van der Waals surface area contributed by atoms with E-state index in [1.165, 1.54) is 5.56 Å². The topological polar surface area (TPSA) is 32.7 Å². The van der Waals surface area contributed by atoms with Crippen LogP contribution >= 0.6 is 0 Å². The summed E-state index contributed by atoms with van der Waals surface area (Å²) in [6.45, 7) is 6.47. The van der Waals surface area contributed by atoms with E-state index in [0.29, 0.717) is 0 Å². The third-order valence-corrected chi connectivity index (χ3v) is 2.97. The van der Waals surface area contributed by atoms with Gasteiger partial charge in [-0.05, 0) is 18.1 Å². The molecular weight excluding hydrogens is 202 g/mol. The molecule has 1 saturated heterocycles. The Labute approximate surface area is 96.6 Å². The quantitative estimate of drug-likeness (QED) is 0.841. The molecule has 0 radical (unpaired) electrons. The van der Waals surface area contributed by atoms with Gasteiger partial charge in [0.25, 0.3) is 0 Å². The van der Waals surface area contributed by atoms with E-state index in [1.54, 1.807) is 6.92 Å². The summed E-state index contributed by atoms with van der Waals surface area (Å²) < 4.78 is 5.31. The number of hydrogen-bond donors (Lipinski definition) is 1. The van der Waals surface area contributed by atoms with Crippen LogP contribution < -0.4 is 0 Å². The zero-order valence-electron chi connectivity index (χ0n) is 9.72. The van der Waals surface area contributed by atoms with E-state index in [2.05, 4.69) is 17.0 Å². The molecule has 0 aliphatic carbocycles. The predicted octanol–water partition coefficient (Wildman–Crippen LogP) is 1.57. The number of ether oxygens (including phenoxy) is 1. The third-order valence-electron chi connectivity index (χ3n) is 2.97. The Morgan fingerprint density at radius 3 is 2.44 bits per heavy atom. The molecule has 0 spiro atoms. The molecule has 1 aliphatic heterocycles. The summed E-state index contributed by atoms with van der Waals surface area (Å²) in [6, 6.07) is 8.19. The lowest BCUT2D eigenvalue weighted by molar-refractivity contribution is 0.0342. The highest BCUT2D eigenvalue weighted by atomic mass is 16.5. The average molecular weight is 221 g/mol. The van der Waals surface area contributed by atoms with Crippen molar-refractivity contribution in [3.8, 4) is 0 Å². The zero-order valence-corrected chi connectivity index (χ0v) is 9.72. The molecule has 1 aromatic carbocycles. The van der Waals surface area contributed by atoms with Gasteiger partial charge in [0.1, 0.15) is 0 Å². The predicted molar refractivity (Wildman–Crippen MR) is 63.2 cm³/mol. The second-order valence-corrected chi connectivity index (χ2v) is 4.31. The van der Waals surface area contributed by atoms with Gasteiger partial charge in [0.05, 0.1) is 19.3 Å². The minimum Gasteiger partial charge on any atom is -0.389 e. The van der Waals surface area contributed by atoms with Crippen molar-refractivity contribution in [1.29, 1.82) is 0 Å². The maximum absolute atomic E-state index is 9.41. The van der Waals surface area contributed by atoms with Crippen LogP contribution in [0.3, 0.4) is 0 Å². The van der Waals surface area contributed by atoms with Crippen molar-refractivity contribution in [2.75, 3.05) is 26.3 Å². The van der Waals surface area contributed by atoms with E-state index in [1.807, 2.05) is 12.1 Å². The van der Waals surface area contributed by atoms with Gasteiger partial charge >= 0.3 is 0 Å². The monoisotopic (exact) mass is 221 g/mol. The van der Waals surface area contributed by atoms with Crippen LogP contribution in [0.5, 0.6) is 0 Å². The first-order valence-electron chi connectivity index (χ1n) is 5.83. The molecule has 1 atom stereocenters. The summed E-state index contributed by atoms with van der Waals surface area (Å²) in [4.78, 5) is 2.39. The number of morpholine rings is 1. The Balaban J connectivity index is 1.93. The molecule has 0 saturated carbocycles. The number of nitrogens with zero attached hydrogens (tertiary/aromatic N) is 1. The number of hydrogen-bond acceptors (Lipinski definition) is 3. The number of benzene rings is 1. The van der Waals surface area contributed by atoms with Crippen LogP contribution in [-0.4, -0.2) is 36.3 Å². The lowest BCUT2D eigenvalue weighted by atomic mass is 10.1. The fraction of sp³-hybridized carbons (Fsp3) is 0.538. The minimum absolute atomic E-state index is 0.377. The summed E-state index contributed by atoms with van der Waals surface area (Å²) in [6.07, 6.45) is -0.377. The van der Waals surface area contributed by atoms with Crippen molar-refractivity contribution >= 4 is 0 Å². The molecule has 0 bridgehead atoms. The Kier molecular flexibility index (Phi) is 3.93. The van der Waals surface area contributed by atoms with Gasteiger partial charge in [0.15, 0.2) is 0 Å². The van der Waals surface area contributed by atoms with Gasteiger partial charge in [-0.3, -0.25) is 4.90 Å². The second-order valence-electron chi connectivity index (χ2n) is 4.31. The molecule has 1 aliphatic rings. The fourth-order valence-electron chi connectivity index (χ4n) is 1.92. The third kappa shape index (κ3) is 3.04. The van der Waals surface area contributed by atoms with Crippen molar-refractivity contribution < 1.29 is 9.84 Å². The zero-order chi connectivity index (χ0) is 11.4. The molecule has 1 fully saturated rings. The average Bonchev–Trinajstić information content (AvgIpc) is 2.31. The van der Waals surface area contributed by atoms with Gasteiger partial charge in [-0.15, -0.1) is 0 Å². The first-order chi connectivity index (χ1) is 7.75. The summed E-state index contributed by atoms with van der Waals surface area (Å²) in [5, 5.41) is 9.41. The van der Waals surface area contributed by atoms with E-state index in [-0.39, 0.29) is 6.10 Å². The van der Waals surface area contributed by atoms with Crippen LogP contribution in [0.25, 0.3) is 0 Å². The first kappa shape index (κ1) is 11.6. The Hall–Kier alpha value is -0.900. The van der Waals surface area contributed by atoms with Crippen LogP contribution in [0.1, 0.15) is 24.2 Å². The van der Waals surface area contributed by atoms with E-state index in [9.17, 15) is 5.11 Å². The summed E-state index contributed by atoms with van der Waals surface area (Å²) in [7, 11) is 0. The number of aliphatic hydroxyl groups excluding tert-OH is 1. The minimum atomic E-state index is -0.377. The molecule has 0 aromatic heterocycles. The van der Waals surface area contributed by atoms with Crippen LogP contribution in [-0.2, 0) is 11.3 Å². The van der Waals surface area contributed by atoms with Gasteiger partial charge in [0, 0.05) is 19.6 Å². The molecule has 1 N–H and O–H groups in total. The lowest BCUT2D eigenvalue weighted by Gasteiger charge is -2.26. The van der Waals surface area contributed by atoms with Crippen LogP contribution in [0.2, 0.25) is 0 Å². The van der Waals surface area contributed by atoms with E-state index in [0.717, 1.165) is 38.4 Å². The smallest absolute Gasteiger partial charge is 0.0761 e. The first-order valence-corrected chi connectivity index (χ1v) is 5.83. The van der Waals surface area contributed by atoms with E-state index in [4.69, 9.17) is 4.74 Å². The number of aliphatic hydroxyl groups is 1. The molecular formula is C13H19NO2. The van der Waals surface area contributed by atoms with Crippen molar-refractivity contribution in [3.05, 3.63) is 35.4 Å². The van der Waals surface area contributed by atoms with Crippen molar-refractivity contribution in [1.82, 2.24) is 4.90 Å². The van der Waals surface area contributed by atoms with Gasteiger partial charge in [-0.1, -0.05) is 24.3 Å². The highest BCUT2D eigenvalue weighted by Gasteiger charge is 2.10. The summed E-state index contributed by atoms with van der Waals surface area (Å²) in [5.41, 5.74) is 2.28. The van der Waals surface area contributed by atoms with Crippen LogP contribution in [0, 0.1) is 0 Å². The maximum Gasteiger partial charge on any atom is 0.0761 e. The Morgan fingerprint density at radius 1 is 1.25 bits per heavy atom. The van der Waals surface area contributed by atoms with E-state index < -0.39 is 0 Å².